The van der Waals surface area contributed by atoms with E-state index in [1.807, 2.05) is 84.4 Å². The molecule has 0 atom stereocenters. The standard InChI is InChI=1S/C16H14N2O.C16H12N2O.HI.Ir.5V/c2*1-17-9-10-18(11-17)14-7-4-6-13-12-5-2-3-8-15(12)19-16(13)14;;;;;;;/h2-10H,11H2,1H3;2-6,8-11H,1H3;1H;;;;;;/q;-2;;;;;;;/p-1. The summed E-state index contributed by atoms with van der Waals surface area (Å²) >= 11 is 0. The summed E-state index contributed by atoms with van der Waals surface area (Å²) in [6, 6.07) is 29.8. The topological polar surface area (TPSA) is 39.2 Å². The van der Waals surface area contributed by atoms with Gasteiger partial charge in [-0.3, -0.25) is 0 Å². The Labute approximate surface area is 353 Å². The van der Waals surface area contributed by atoms with Gasteiger partial charge in [-0.15, -0.1) is 0 Å². The van der Waals surface area contributed by atoms with Gasteiger partial charge in [0.25, 0.3) is 0 Å². The Morgan fingerprint density at radius 2 is 1.22 bits per heavy atom. The number of furan rings is 2. The van der Waals surface area contributed by atoms with Gasteiger partial charge in [0.15, 0.2) is 5.58 Å². The molecule has 8 rings (SSSR count). The van der Waals surface area contributed by atoms with Crippen molar-refractivity contribution in [3.05, 3.63) is 116 Å². The van der Waals surface area contributed by atoms with Crippen LogP contribution in [0.2, 0.25) is 0 Å². The van der Waals surface area contributed by atoms with Gasteiger partial charge < -0.3 is 52.4 Å². The number of rotatable bonds is 2. The van der Waals surface area contributed by atoms with Gasteiger partial charge in [-0.25, -0.2) is 0 Å². The van der Waals surface area contributed by atoms with E-state index < -0.39 is 0 Å². The molecule has 0 bridgehead atoms. The second-order valence-corrected chi connectivity index (χ2v) is 9.57. The van der Waals surface area contributed by atoms with Crippen LogP contribution in [-0.4, -0.2) is 30.6 Å². The minimum Gasteiger partial charge on any atom is -1.00 e. The van der Waals surface area contributed by atoms with E-state index in [9.17, 15) is 0 Å². The number of benzene rings is 4. The van der Waals surface area contributed by atoms with Crippen LogP contribution in [0.15, 0.2) is 112 Å². The van der Waals surface area contributed by atoms with Crippen molar-refractivity contribution in [3.63, 3.8) is 0 Å². The van der Waals surface area contributed by atoms with Gasteiger partial charge in [0.05, 0.1) is 12.4 Å². The second-order valence-electron chi connectivity index (χ2n) is 9.57. The Morgan fingerprint density at radius 1 is 0.644 bits per heavy atom. The van der Waals surface area contributed by atoms with Crippen molar-refractivity contribution in [1.29, 1.82) is 0 Å². The molecule has 2 aliphatic rings. The third-order valence-electron chi connectivity index (χ3n) is 6.92. The molecule has 0 saturated heterocycles. The Kier molecular flexibility index (Phi) is 19.2. The number of fused-ring (bicyclic) bond motifs is 6. The predicted molar refractivity (Wildman–Crippen MR) is 154 cm³/mol. The van der Waals surface area contributed by atoms with Crippen LogP contribution in [0.4, 0.5) is 11.4 Å². The van der Waals surface area contributed by atoms with Crippen molar-refractivity contribution < 1.29 is 146 Å². The summed E-state index contributed by atoms with van der Waals surface area (Å²) in [5.74, 6) is 0. The van der Waals surface area contributed by atoms with Crippen LogP contribution in [0.5, 0.6) is 0 Å². The Bertz CT molecular complexity index is 1750. The summed E-state index contributed by atoms with van der Waals surface area (Å²) in [4.78, 5) is 8.35. The molecule has 0 aliphatic carbocycles. The minimum absolute atomic E-state index is 0. The molecule has 0 amide bonds. The largest absolute Gasteiger partial charge is 1.00 e. The second kappa shape index (κ2) is 19.5. The number of anilines is 2. The summed E-state index contributed by atoms with van der Waals surface area (Å²) in [6.07, 6.45) is 8.15. The van der Waals surface area contributed by atoms with E-state index in [0.717, 1.165) is 51.1 Å². The minimum atomic E-state index is 0. The number of para-hydroxylation sites is 3. The molecule has 13 heteroatoms. The quantitative estimate of drug-likeness (QED) is 0.189. The summed E-state index contributed by atoms with van der Waals surface area (Å²) in [6.45, 7) is 2.86. The average molecular weight is 1070 g/mol. The fourth-order valence-electron chi connectivity index (χ4n) is 5.09. The first-order valence-corrected chi connectivity index (χ1v) is 12.6. The Balaban J connectivity index is 0.000000745. The molecule has 45 heavy (non-hydrogen) atoms. The number of hydrogen-bond acceptors (Lipinski definition) is 6. The van der Waals surface area contributed by atoms with Crippen molar-refractivity contribution in [2.75, 3.05) is 30.6 Å². The smallest absolute Gasteiger partial charge is 0.159 e. The van der Waals surface area contributed by atoms with Gasteiger partial charge in [0, 0.05) is 154 Å². The molecule has 0 spiro atoms. The van der Waals surface area contributed by atoms with E-state index in [1.54, 1.807) is 0 Å². The van der Waals surface area contributed by atoms with Crippen LogP contribution < -0.4 is 33.8 Å². The molecule has 6 aromatic rings. The van der Waals surface area contributed by atoms with E-state index in [1.165, 1.54) is 10.8 Å². The molecule has 2 aromatic heterocycles. The number of hydrogen-bond donors (Lipinski definition) is 0. The third-order valence-corrected chi connectivity index (χ3v) is 6.92. The first kappa shape index (κ1) is 44.5. The van der Waals surface area contributed by atoms with E-state index in [4.69, 9.17) is 8.83 Å². The van der Waals surface area contributed by atoms with Crippen molar-refractivity contribution in [1.82, 2.24) is 9.80 Å². The van der Waals surface area contributed by atoms with E-state index in [-0.39, 0.29) is 137 Å². The zero-order valence-corrected chi connectivity index (χ0v) is 35.7. The SMILES string of the molecule is CN1C=CN(c2[c-]ccc3c2oc2ccccc23)[CH-]1.CN1C=CN(c2cccc3c2oc2ccccc23)C1.[I-].[Ir].[V].[V].[V].[V].[V]. The maximum atomic E-state index is 6.04. The van der Waals surface area contributed by atoms with Crippen molar-refractivity contribution >= 4 is 55.3 Å². The van der Waals surface area contributed by atoms with Gasteiger partial charge in [-0.05, 0) is 37.6 Å². The van der Waals surface area contributed by atoms with Crippen LogP contribution in [0.1, 0.15) is 0 Å². The molecular formula is C32H26IIrN4O2V5-3. The molecule has 0 saturated carbocycles. The van der Waals surface area contributed by atoms with Crippen LogP contribution in [-0.2, 0) is 113 Å². The molecule has 6 radical (unpaired) electrons. The first-order valence-electron chi connectivity index (χ1n) is 12.6. The van der Waals surface area contributed by atoms with Gasteiger partial charge in [-0.2, -0.15) is 24.9 Å². The average Bonchev–Trinajstić information content (AvgIpc) is 3.73. The van der Waals surface area contributed by atoms with Crippen molar-refractivity contribution in [2.45, 2.75) is 0 Å². The van der Waals surface area contributed by atoms with Gasteiger partial charge >= 0.3 is 0 Å². The van der Waals surface area contributed by atoms with E-state index in [2.05, 4.69) is 65.6 Å². The fraction of sp³-hybridized carbons (Fsp3) is 0.0938. The molecule has 4 heterocycles. The number of halogens is 1. The molecular weight excluding hydrogens is 1050 g/mol. The van der Waals surface area contributed by atoms with E-state index in [0.29, 0.717) is 0 Å². The third kappa shape index (κ3) is 8.93. The molecule has 4 aromatic carbocycles. The van der Waals surface area contributed by atoms with Crippen LogP contribution in [0.3, 0.4) is 0 Å². The molecule has 0 fully saturated rings. The maximum Gasteiger partial charge on any atom is 0.159 e. The summed E-state index contributed by atoms with van der Waals surface area (Å²) in [5, 5.41) is 4.62. The van der Waals surface area contributed by atoms with Crippen molar-refractivity contribution in [2.24, 2.45) is 0 Å². The zero-order chi connectivity index (χ0) is 25.6. The van der Waals surface area contributed by atoms with Crippen molar-refractivity contribution in [3.8, 4) is 0 Å². The van der Waals surface area contributed by atoms with Crippen LogP contribution in [0, 0.1) is 12.7 Å². The molecule has 0 N–H and O–H groups in total. The summed E-state index contributed by atoms with van der Waals surface area (Å²) in [7, 11) is 4.06. The van der Waals surface area contributed by atoms with Gasteiger partial charge in [-0.1, -0.05) is 59.6 Å². The van der Waals surface area contributed by atoms with Gasteiger partial charge in [0.1, 0.15) is 11.2 Å². The molecule has 230 valence electrons. The first-order chi connectivity index (χ1) is 18.7. The predicted octanol–water partition coefficient (Wildman–Crippen LogP) is 4.48. The summed E-state index contributed by atoms with van der Waals surface area (Å²) < 4.78 is 12.0. The van der Waals surface area contributed by atoms with Crippen LogP contribution in [0.25, 0.3) is 43.9 Å². The Morgan fingerprint density at radius 3 is 1.80 bits per heavy atom. The Hall–Kier alpha value is -0.539. The normalized spacial score (nSPS) is 12.7. The zero-order valence-electron chi connectivity index (χ0n) is 24.2. The molecule has 2 aliphatic heterocycles. The van der Waals surface area contributed by atoms with Crippen LogP contribution >= 0.6 is 0 Å². The number of nitrogens with zero attached hydrogens (tertiary/aromatic N) is 4. The van der Waals surface area contributed by atoms with Gasteiger partial charge in [0.2, 0.25) is 0 Å². The summed E-state index contributed by atoms with van der Waals surface area (Å²) in [5.41, 5.74) is 5.75. The molecule has 6 nitrogen and oxygen atoms in total. The monoisotopic (exact) mass is 1070 g/mol. The fourth-order valence-corrected chi connectivity index (χ4v) is 5.09. The maximum absolute atomic E-state index is 6.04. The molecule has 0 unspecified atom stereocenters. The van der Waals surface area contributed by atoms with E-state index >= 15 is 0 Å².